The van der Waals surface area contributed by atoms with E-state index in [1.165, 1.54) is 0 Å². The third-order valence-corrected chi connectivity index (χ3v) is 2.24. The Hall–Kier alpha value is -1.58. The second-order valence-electron chi connectivity index (χ2n) is 3.34. The molecule has 4 nitrogen and oxygen atoms in total. The number of nitrogens with one attached hydrogen (secondary N) is 1. The Morgan fingerprint density at radius 3 is 1.94 bits per heavy atom. The van der Waals surface area contributed by atoms with Crippen molar-refractivity contribution in [1.29, 1.82) is 0 Å². The van der Waals surface area contributed by atoms with Gasteiger partial charge in [-0.2, -0.15) is 0 Å². The van der Waals surface area contributed by atoms with Crippen LogP contribution in [0.4, 0.5) is 5.69 Å². The van der Waals surface area contributed by atoms with E-state index in [9.17, 15) is 0 Å². The van der Waals surface area contributed by atoms with Crippen LogP contribution in [0.2, 0.25) is 0 Å². The minimum absolute atomic E-state index is 0.618. The molecule has 1 rings (SSSR count). The van der Waals surface area contributed by atoms with Crippen LogP contribution < -0.4 is 19.5 Å². The minimum Gasteiger partial charge on any atom is -0.493 e. The fourth-order valence-corrected chi connectivity index (χ4v) is 1.45. The van der Waals surface area contributed by atoms with Crippen LogP contribution in [0.1, 0.15) is 13.3 Å². The van der Waals surface area contributed by atoms with Gasteiger partial charge in [-0.15, -0.1) is 0 Å². The van der Waals surface area contributed by atoms with Crippen LogP contribution in [-0.2, 0) is 0 Å². The maximum Gasteiger partial charge on any atom is 0.203 e. The highest BCUT2D eigenvalue weighted by molar-refractivity contribution is 5.62. The van der Waals surface area contributed by atoms with E-state index in [-0.39, 0.29) is 0 Å². The van der Waals surface area contributed by atoms with Crippen molar-refractivity contribution < 1.29 is 14.2 Å². The highest BCUT2D eigenvalue weighted by atomic mass is 16.5. The highest BCUT2D eigenvalue weighted by Crippen LogP contribution is 2.39. The Balaban J connectivity index is 3.05. The number of benzene rings is 1. The van der Waals surface area contributed by atoms with E-state index in [1.807, 2.05) is 12.1 Å². The van der Waals surface area contributed by atoms with Crippen LogP contribution in [0.5, 0.6) is 17.2 Å². The maximum atomic E-state index is 5.25. The summed E-state index contributed by atoms with van der Waals surface area (Å²) in [6.07, 6.45) is 1.07. The molecule has 4 heteroatoms. The molecule has 0 aliphatic carbocycles. The molecule has 1 aromatic carbocycles. The lowest BCUT2D eigenvalue weighted by Crippen LogP contribution is -2.02. The Morgan fingerprint density at radius 1 is 1.00 bits per heavy atom. The molecule has 0 aromatic heterocycles. The summed E-state index contributed by atoms with van der Waals surface area (Å²) in [6, 6.07) is 3.80. The zero-order valence-electron chi connectivity index (χ0n) is 10.3. The van der Waals surface area contributed by atoms with Crippen LogP contribution >= 0.6 is 0 Å². The summed E-state index contributed by atoms with van der Waals surface area (Å²) >= 11 is 0. The molecule has 0 aliphatic heterocycles. The summed E-state index contributed by atoms with van der Waals surface area (Å²) < 4.78 is 15.7. The number of anilines is 1. The Morgan fingerprint density at radius 2 is 1.56 bits per heavy atom. The first-order valence-corrected chi connectivity index (χ1v) is 5.30. The van der Waals surface area contributed by atoms with E-state index in [1.54, 1.807) is 21.3 Å². The molecule has 0 aliphatic rings. The van der Waals surface area contributed by atoms with Crippen molar-refractivity contribution >= 4 is 5.69 Å². The van der Waals surface area contributed by atoms with Gasteiger partial charge in [-0.3, -0.25) is 0 Å². The lowest BCUT2D eigenvalue weighted by Gasteiger charge is -2.14. The Bertz CT molecular complexity index is 314. The van der Waals surface area contributed by atoms with Gasteiger partial charge in [0.15, 0.2) is 11.5 Å². The van der Waals surface area contributed by atoms with Gasteiger partial charge in [0.1, 0.15) is 0 Å². The van der Waals surface area contributed by atoms with Crippen LogP contribution in [0.25, 0.3) is 0 Å². The van der Waals surface area contributed by atoms with Crippen LogP contribution in [0.15, 0.2) is 12.1 Å². The number of hydrogen-bond acceptors (Lipinski definition) is 4. The third-order valence-electron chi connectivity index (χ3n) is 2.24. The summed E-state index contributed by atoms with van der Waals surface area (Å²) in [6.45, 7) is 3.03. The van der Waals surface area contributed by atoms with Crippen LogP contribution in [-0.4, -0.2) is 27.9 Å². The topological polar surface area (TPSA) is 39.7 Å². The highest BCUT2D eigenvalue weighted by Gasteiger charge is 2.12. The second-order valence-corrected chi connectivity index (χ2v) is 3.34. The fraction of sp³-hybridized carbons (Fsp3) is 0.500. The van der Waals surface area contributed by atoms with Crippen molar-refractivity contribution in [1.82, 2.24) is 0 Å². The lowest BCUT2D eigenvalue weighted by atomic mass is 10.2. The summed E-state index contributed by atoms with van der Waals surface area (Å²) in [5.41, 5.74) is 0.969. The van der Waals surface area contributed by atoms with Gasteiger partial charge in [-0.1, -0.05) is 6.92 Å². The van der Waals surface area contributed by atoms with Crippen molar-refractivity contribution in [3.05, 3.63) is 12.1 Å². The first kappa shape index (κ1) is 12.5. The van der Waals surface area contributed by atoms with Crippen molar-refractivity contribution in [2.24, 2.45) is 0 Å². The van der Waals surface area contributed by atoms with E-state index in [2.05, 4.69) is 12.2 Å². The van der Waals surface area contributed by atoms with E-state index in [0.29, 0.717) is 17.2 Å². The van der Waals surface area contributed by atoms with Gasteiger partial charge < -0.3 is 19.5 Å². The summed E-state index contributed by atoms with van der Waals surface area (Å²) in [5.74, 6) is 1.95. The molecule has 0 fully saturated rings. The Labute approximate surface area is 96.5 Å². The number of methoxy groups -OCH3 is 3. The first-order valence-electron chi connectivity index (χ1n) is 5.30. The van der Waals surface area contributed by atoms with Crippen molar-refractivity contribution in [2.45, 2.75) is 13.3 Å². The standard InChI is InChI=1S/C12H19NO3/c1-5-6-13-9-7-10(14-2)12(16-4)11(8-9)15-3/h7-8,13H,5-6H2,1-4H3. The zero-order valence-corrected chi connectivity index (χ0v) is 10.3. The molecule has 1 N–H and O–H groups in total. The molecule has 0 saturated heterocycles. The van der Waals surface area contributed by atoms with Crippen LogP contribution in [0, 0.1) is 0 Å². The molecule has 0 radical (unpaired) electrons. The quantitative estimate of drug-likeness (QED) is 0.807. The number of ether oxygens (including phenoxy) is 3. The SMILES string of the molecule is CCCNc1cc(OC)c(OC)c(OC)c1. The van der Waals surface area contributed by atoms with E-state index >= 15 is 0 Å². The molecular formula is C12H19NO3. The average molecular weight is 225 g/mol. The molecule has 0 unspecified atom stereocenters. The van der Waals surface area contributed by atoms with E-state index in [0.717, 1.165) is 18.7 Å². The van der Waals surface area contributed by atoms with Gasteiger partial charge in [-0.05, 0) is 6.42 Å². The second kappa shape index (κ2) is 6.10. The summed E-state index contributed by atoms with van der Waals surface area (Å²) in [5, 5.41) is 3.28. The fourth-order valence-electron chi connectivity index (χ4n) is 1.45. The predicted molar refractivity (Wildman–Crippen MR) is 64.9 cm³/mol. The summed E-state index contributed by atoms with van der Waals surface area (Å²) in [4.78, 5) is 0. The monoisotopic (exact) mass is 225 g/mol. The van der Waals surface area contributed by atoms with Crippen molar-refractivity contribution in [3.8, 4) is 17.2 Å². The van der Waals surface area contributed by atoms with Crippen molar-refractivity contribution in [2.75, 3.05) is 33.2 Å². The zero-order chi connectivity index (χ0) is 12.0. The molecule has 1 aromatic rings. The van der Waals surface area contributed by atoms with Gasteiger partial charge in [-0.25, -0.2) is 0 Å². The van der Waals surface area contributed by atoms with Gasteiger partial charge in [0.25, 0.3) is 0 Å². The molecule has 0 bridgehead atoms. The van der Waals surface area contributed by atoms with E-state index < -0.39 is 0 Å². The third kappa shape index (κ3) is 2.72. The molecular weight excluding hydrogens is 206 g/mol. The average Bonchev–Trinajstić information content (AvgIpc) is 2.34. The van der Waals surface area contributed by atoms with Crippen LogP contribution in [0.3, 0.4) is 0 Å². The van der Waals surface area contributed by atoms with Crippen molar-refractivity contribution in [3.63, 3.8) is 0 Å². The van der Waals surface area contributed by atoms with Gasteiger partial charge in [0.05, 0.1) is 21.3 Å². The molecule has 0 saturated carbocycles. The smallest absolute Gasteiger partial charge is 0.203 e. The normalized spacial score (nSPS) is 9.75. The first-order chi connectivity index (χ1) is 7.76. The molecule has 0 amide bonds. The predicted octanol–water partition coefficient (Wildman–Crippen LogP) is 2.53. The molecule has 0 atom stereocenters. The maximum absolute atomic E-state index is 5.25. The van der Waals surface area contributed by atoms with E-state index in [4.69, 9.17) is 14.2 Å². The molecule has 90 valence electrons. The Kier molecular flexibility index (Phi) is 4.76. The van der Waals surface area contributed by atoms with Gasteiger partial charge >= 0.3 is 0 Å². The lowest BCUT2D eigenvalue weighted by molar-refractivity contribution is 0.324. The molecule has 0 heterocycles. The largest absolute Gasteiger partial charge is 0.493 e. The minimum atomic E-state index is 0.618. The number of rotatable bonds is 6. The van der Waals surface area contributed by atoms with Gasteiger partial charge in [0, 0.05) is 24.4 Å². The summed E-state index contributed by atoms with van der Waals surface area (Å²) in [7, 11) is 4.82. The number of hydrogen-bond donors (Lipinski definition) is 1. The molecule has 16 heavy (non-hydrogen) atoms. The van der Waals surface area contributed by atoms with Gasteiger partial charge in [0.2, 0.25) is 5.75 Å². The molecule has 0 spiro atoms.